The number of morpholine rings is 1. The van der Waals surface area contributed by atoms with Gasteiger partial charge in [0.2, 0.25) is 0 Å². The van der Waals surface area contributed by atoms with E-state index in [-0.39, 0.29) is 12.2 Å². The number of halogens is 3. The third-order valence-electron chi connectivity index (χ3n) is 5.27. The zero-order valence-corrected chi connectivity index (χ0v) is 20.0. The number of fused-ring (bicyclic) bond motifs is 1. The number of nitrogens with zero attached hydrogens (tertiary/aromatic N) is 3. The van der Waals surface area contributed by atoms with Crippen LogP contribution in [0.3, 0.4) is 0 Å². The van der Waals surface area contributed by atoms with Gasteiger partial charge in [-0.3, -0.25) is 0 Å². The normalized spacial score (nSPS) is 16.7. The molecule has 3 aromatic rings. The number of aromatic nitrogens is 2. The van der Waals surface area contributed by atoms with E-state index in [0.717, 1.165) is 38.4 Å². The molecule has 0 saturated carbocycles. The first-order valence-electron chi connectivity index (χ1n) is 9.61. The molecule has 1 amide bonds. The van der Waals surface area contributed by atoms with Crippen LogP contribution in [-0.2, 0) is 15.9 Å². The number of carbonyl (C=O) groups excluding carboxylic acids is 1. The number of benzene rings is 1. The van der Waals surface area contributed by atoms with Crippen LogP contribution in [0.1, 0.15) is 11.3 Å². The quantitative estimate of drug-likeness (QED) is 0.448. The summed E-state index contributed by atoms with van der Waals surface area (Å²) in [5, 5.41) is 1.16. The van der Waals surface area contributed by atoms with E-state index in [4.69, 9.17) is 48.3 Å². The molecule has 0 unspecified atom stereocenters. The molecule has 31 heavy (non-hydrogen) atoms. The zero-order valence-electron chi connectivity index (χ0n) is 16.9. The number of methoxy groups -OCH3 is 1. The lowest BCUT2D eigenvalue weighted by Gasteiger charge is -2.32. The highest BCUT2D eigenvalue weighted by molar-refractivity contribution is 8.21. The van der Waals surface area contributed by atoms with Gasteiger partial charge >= 0.3 is 6.09 Å². The van der Waals surface area contributed by atoms with Gasteiger partial charge in [-0.15, -0.1) is 0 Å². The first-order valence-corrected chi connectivity index (χ1v) is 12.0. The fourth-order valence-electron chi connectivity index (χ4n) is 3.88. The van der Waals surface area contributed by atoms with E-state index >= 15 is 0 Å². The van der Waals surface area contributed by atoms with Crippen molar-refractivity contribution in [1.82, 2.24) is 14.3 Å². The molecule has 1 fully saturated rings. The number of imidazole rings is 1. The molecule has 6 nitrogen and oxygen atoms in total. The van der Waals surface area contributed by atoms with Gasteiger partial charge in [-0.1, -0.05) is 23.2 Å². The Hall–Kier alpha value is -1.64. The highest BCUT2D eigenvalue weighted by atomic mass is 35.7. The number of amides is 1. The average Bonchev–Trinajstić information content (AvgIpc) is 3.09. The Kier molecular flexibility index (Phi) is 6.89. The molecule has 164 valence electrons. The third-order valence-corrected chi connectivity index (χ3v) is 6.75. The van der Waals surface area contributed by atoms with Gasteiger partial charge in [0.1, 0.15) is 5.65 Å². The molecular weight excluding hydrogens is 481 g/mol. The van der Waals surface area contributed by atoms with Crippen molar-refractivity contribution in [2.24, 2.45) is 0 Å². The Morgan fingerprint density at radius 1 is 1.35 bits per heavy atom. The first kappa shape index (κ1) is 22.6. The summed E-state index contributed by atoms with van der Waals surface area (Å²) in [6.45, 7) is 3.36. The van der Waals surface area contributed by atoms with Gasteiger partial charge in [-0.2, -0.15) is 0 Å². The summed E-state index contributed by atoms with van der Waals surface area (Å²) in [6, 6.07) is 7.44. The summed E-state index contributed by atoms with van der Waals surface area (Å²) in [7, 11) is 8.43. The molecule has 1 aromatic carbocycles. The minimum Gasteiger partial charge on any atom is -0.453 e. The predicted molar refractivity (Wildman–Crippen MR) is 125 cm³/mol. The summed E-state index contributed by atoms with van der Waals surface area (Å²) < 4.78 is 12.8. The Bertz CT molecular complexity index is 1110. The summed E-state index contributed by atoms with van der Waals surface area (Å²) in [5.74, 6) is 0. The zero-order chi connectivity index (χ0) is 22.1. The molecule has 3 heterocycles. The third kappa shape index (κ3) is 4.61. The first-order chi connectivity index (χ1) is 14.9. The molecule has 1 atom stereocenters. The summed E-state index contributed by atoms with van der Waals surface area (Å²) >= 11 is 12.9. The van der Waals surface area contributed by atoms with E-state index in [0.29, 0.717) is 41.8 Å². The highest BCUT2D eigenvalue weighted by Crippen LogP contribution is 2.38. The van der Waals surface area contributed by atoms with Gasteiger partial charge in [0.25, 0.3) is 0 Å². The average molecular weight is 501 g/mol. The second-order valence-electron chi connectivity index (χ2n) is 7.27. The van der Waals surface area contributed by atoms with Crippen LogP contribution in [0.4, 0.5) is 4.79 Å². The molecule has 1 aliphatic heterocycles. The van der Waals surface area contributed by atoms with E-state index in [2.05, 4.69) is 0 Å². The fraction of sp³-hybridized carbons (Fsp3) is 0.333. The number of carbonyl (C=O) groups is 1. The second kappa shape index (κ2) is 9.46. The van der Waals surface area contributed by atoms with E-state index in [9.17, 15) is 4.79 Å². The van der Waals surface area contributed by atoms with Crippen molar-refractivity contribution in [3.63, 3.8) is 0 Å². The van der Waals surface area contributed by atoms with Crippen molar-refractivity contribution in [3.8, 4) is 11.3 Å². The maximum atomic E-state index is 12.0. The molecule has 0 aliphatic carbocycles. The van der Waals surface area contributed by atoms with Gasteiger partial charge in [0.05, 0.1) is 42.8 Å². The second-order valence-corrected chi connectivity index (χ2v) is 9.20. The van der Waals surface area contributed by atoms with Crippen LogP contribution in [0.15, 0.2) is 35.4 Å². The van der Waals surface area contributed by atoms with Gasteiger partial charge in [-0.05, 0) is 52.3 Å². The molecule has 4 rings (SSSR count). The van der Waals surface area contributed by atoms with E-state index in [1.54, 1.807) is 4.90 Å². The van der Waals surface area contributed by atoms with Crippen molar-refractivity contribution >= 4 is 56.6 Å². The highest BCUT2D eigenvalue weighted by Gasteiger charge is 2.28. The van der Waals surface area contributed by atoms with E-state index < -0.39 is 0 Å². The maximum Gasteiger partial charge on any atom is 0.409 e. The van der Waals surface area contributed by atoms with Crippen molar-refractivity contribution in [1.29, 1.82) is 0 Å². The van der Waals surface area contributed by atoms with Crippen LogP contribution in [0.25, 0.3) is 16.9 Å². The lowest BCUT2D eigenvalue weighted by atomic mass is 10.0. The summed E-state index contributed by atoms with van der Waals surface area (Å²) in [5.41, 5.74) is 4.21. The molecule has 1 saturated heterocycles. The topological polar surface area (TPSA) is 56.1 Å². The molecule has 0 N–H and O–H groups in total. The molecule has 2 aromatic heterocycles. The van der Waals surface area contributed by atoms with Crippen molar-refractivity contribution in [2.75, 3.05) is 26.8 Å². The fourth-order valence-corrected chi connectivity index (χ4v) is 5.10. The lowest BCUT2D eigenvalue weighted by molar-refractivity contribution is -0.0241. The minimum atomic E-state index is -0.355. The van der Waals surface area contributed by atoms with Crippen LogP contribution in [0.2, 0.25) is 10.0 Å². The van der Waals surface area contributed by atoms with Crippen molar-refractivity contribution < 1.29 is 14.3 Å². The van der Waals surface area contributed by atoms with Gasteiger partial charge in [-0.25, -0.2) is 9.78 Å². The minimum absolute atomic E-state index is 0.209. The van der Waals surface area contributed by atoms with Crippen molar-refractivity contribution in [3.05, 3.63) is 51.8 Å². The Balaban J connectivity index is 1.79. The van der Waals surface area contributed by atoms with Gasteiger partial charge < -0.3 is 18.8 Å². The SMILES string of the molecule is COC(=O)N1CCO[C@@H](Cc2c(-c3c(C)cc(SCl)cc3Cl)nc3cc(Cl)ccn23)C1. The largest absolute Gasteiger partial charge is 0.453 e. The van der Waals surface area contributed by atoms with E-state index in [1.807, 2.05) is 41.8 Å². The standard InChI is InChI=1S/C21H20Cl3N3O3S/c1-12-7-15(31-24)10-16(23)19(12)20-17(27-4-3-13(22)8-18(27)25-20)9-14-11-26(5-6-30-14)21(28)29-2/h3-4,7-8,10,14H,5-6,9,11H2,1-2H3/t14-/m0/s1. The molecule has 0 bridgehead atoms. The molecule has 0 radical (unpaired) electrons. The molecule has 10 heteroatoms. The van der Waals surface area contributed by atoms with Crippen LogP contribution in [0.5, 0.6) is 0 Å². The maximum absolute atomic E-state index is 12.0. The van der Waals surface area contributed by atoms with Gasteiger partial charge in [0.15, 0.2) is 0 Å². The molecule has 0 spiro atoms. The van der Waals surface area contributed by atoms with Crippen LogP contribution in [0, 0.1) is 6.92 Å². The Morgan fingerprint density at radius 3 is 2.87 bits per heavy atom. The number of aryl methyl sites for hydroxylation is 1. The van der Waals surface area contributed by atoms with E-state index in [1.165, 1.54) is 7.11 Å². The monoisotopic (exact) mass is 499 g/mol. The Labute approximate surface area is 198 Å². The van der Waals surface area contributed by atoms with Crippen LogP contribution >= 0.6 is 44.9 Å². The van der Waals surface area contributed by atoms with Crippen LogP contribution in [-0.4, -0.2) is 53.3 Å². The predicted octanol–water partition coefficient (Wildman–Crippen LogP) is 5.87. The number of rotatable bonds is 4. The Morgan fingerprint density at radius 2 is 2.16 bits per heavy atom. The summed E-state index contributed by atoms with van der Waals surface area (Å²) in [4.78, 5) is 19.4. The number of hydrogen-bond acceptors (Lipinski definition) is 5. The van der Waals surface area contributed by atoms with Crippen molar-refractivity contribution in [2.45, 2.75) is 24.3 Å². The van der Waals surface area contributed by atoms with Crippen LogP contribution < -0.4 is 0 Å². The number of ether oxygens (including phenoxy) is 2. The number of hydrogen-bond donors (Lipinski definition) is 0. The summed E-state index contributed by atoms with van der Waals surface area (Å²) in [6.07, 6.45) is 1.86. The lowest BCUT2D eigenvalue weighted by Crippen LogP contribution is -2.46. The number of pyridine rings is 1. The molecular formula is C21H20Cl3N3O3S. The molecule has 1 aliphatic rings. The smallest absolute Gasteiger partial charge is 0.409 e. The van der Waals surface area contributed by atoms with Gasteiger partial charge in [0, 0.05) is 40.7 Å².